The summed E-state index contributed by atoms with van der Waals surface area (Å²) in [7, 11) is -29.4. The highest BCUT2D eigenvalue weighted by atomic mass is 31.2. The Labute approximate surface area is 234 Å². The van der Waals surface area contributed by atoms with Gasteiger partial charge in [0.1, 0.15) is 0 Å². The molecule has 23 nitrogen and oxygen atoms in total. The van der Waals surface area contributed by atoms with Crippen LogP contribution in [-0.4, -0.2) is 105 Å². The Bertz CT molecular complexity index is 1110. The minimum Gasteiger partial charge on any atom is -0.481 e. The van der Waals surface area contributed by atoms with Crippen molar-refractivity contribution in [2.45, 2.75) is 60.5 Å². The molecule has 0 fully saturated rings. The molecule has 0 aromatic carbocycles. The molecule has 42 heavy (non-hydrogen) atoms. The van der Waals surface area contributed by atoms with Crippen molar-refractivity contribution in [3.05, 3.63) is 0 Å². The van der Waals surface area contributed by atoms with Gasteiger partial charge in [0.2, 0.25) is 0 Å². The molecular formula is C14H27O23P5. The van der Waals surface area contributed by atoms with Gasteiger partial charge in [0, 0.05) is 25.7 Å². The van der Waals surface area contributed by atoms with Gasteiger partial charge < -0.3 is 59.6 Å². The second kappa shape index (κ2) is 14.6. The first-order valence-electron chi connectivity index (χ1n) is 10.5. The van der Waals surface area contributed by atoms with Crippen molar-refractivity contribution < 1.29 is 111 Å². The van der Waals surface area contributed by atoms with E-state index in [9.17, 15) is 91.4 Å². The van der Waals surface area contributed by atoms with Gasteiger partial charge in [0.15, 0.2) is 22.0 Å². The Morgan fingerprint density at radius 1 is 0.571 bits per heavy atom. The van der Waals surface area contributed by atoms with E-state index in [2.05, 4.69) is 9.05 Å². The Morgan fingerprint density at radius 3 is 0.976 bits per heavy atom. The lowest BCUT2D eigenvalue weighted by molar-refractivity contribution is -0.147. The summed E-state index contributed by atoms with van der Waals surface area (Å²) in [6, 6.07) is 0. The number of carboxylic acid groups (broad SMARTS) is 4. The number of hydrogen-bond donors (Lipinski definition) is 12. The van der Waals surface area contributed by atoms with Crippen LogP contribution in [0, 0.1) is 0 Å². The summed E-state index contributed by atoms with van der Waals surface area (Å²) in [6.45, 7) is 0. The molecule has 0 bridgehead atoms. The van der Waals surface area contributed by atoms with Crippen LogP contribution in [-0.2, 0) is 51.1 Å². The number of carbonyl (C=O) groups is 4. The maximum absolute atomic E-state index is 12.4. The zero-order valence-corrected chi connectivity index (χ0v) is 25.1. The average Bonchev–Trinajstić information content (AvgIpc) is 2.73. The third-order valence-electron chi connectivity index (χ3n) is 5.70. The van der Waals surface area contributed by atoms with Crippen molar-refractivity contribution in [1.29, 1.82) is 0 Å². The Balaban J connectivity index is 6.56. The van der Waals surface area contributed by atoms with E-state index in [0.29, 0.717) is 0 Å². The monoisotopic (exact) mass is 718 g/mol. The van der Waals surface area contributed by atoms with Crippen LogP contribution in [0.25, 0.3) is 0 Å². The SMILES string of the molecule is O=C(O)CCC(CC(O[PH](=O)OC(CC(CCC(=O)O)(P(=O)(O)O)P(=O)(O)O)C(=O)O)C(=O)O)(P(=O)(O)O)P(=O)(O)O. The minimum atomic E-state index is -6.16. The van der Waals surface area contributed by atoms with Crippen LogP contribution >= 0.6 is 38.6 Å². The Morgan fingerprint density at radius 2 is 0.810 bits per heavy atom. The average molecular weight is 718 g/mol. The van der Waals surface area contributed by atoms with Crippen LogP contribution in [0.1, 0.15) is 38.5 Å². The molecule has 0 aromatic heterocycles. The van der Waals surface area contributed by atoms with Crippen molar-refractivity contribution in [1.82, 2.24) is 0 Å². The third kappa shape index (κ3) is 10.4. The topological polar surface area (TPSA) is 415 Å². The van der Waals surface area contributed by atoms with Gasteiger partial charge in [0.25, 0.3) is 0 Å². The van der Waals surface area contributed by atoms with Crippen LogP contribution in [0.3, 0.4) is 0 Å². The Hall–Kier alpha value is -1.37. The lowest BCUT2D eigenvalue weighted by Gasteiger charge is -2.36. The highest BCUT2D eigenvalue weighted by Gasteiger charge is 2.63. The van der Waals surface area contributed by atoms with Gasteiger partial charge in [-0.05, 0) is 12.8 Å². The number of carboxylic acids is 4. The lowest BCUT2D eigenvalue weighted by Crippen LogP contribution is -2.39. The van der Waals surface area contributed by atoms with E-state index in [1.54, 1.807) is 0 Å². The normalized spacial score (nSPS) is 15.9. The molecule has 0 rings (SSSR count). The summed E-state index contributed by atoms with van der Waals surface area (Å²) in [5.74, 6) is -8.44. The van der Waals surface area contributed by atoms with Crippen molar-refractivity contribution in [2.24, 2.45) is 0 Å². The van der Waals surface area contributed by atoms with Gasteiger partial charge in [-0.2, -0.15) is 0 Å². The van der Waals surface area contributed by atoms with Crippen molar-refractivity contribution >= 4 is 62.5 Å². The van der Waals surface area contributed by atoms with Crippen molar-refractivity contribution in [2.75, 3.05) is 0 Å². The molecule has 0 aromatic rings. The molecule has 0 aliphatic heterocycles. The molecule has 28 heteroatoms. The van der Waals surface area contributed by atoms with Crippen LogP contribution in [0.2, 0.25) is 0 Å². The van der Waals surface area contributed by atoms with Crippen molar-refractivity contribution in [3.8, 4) is 0 Å². The smallest absolute Gasteiger partial charge is 0.343 e. The summed E-state index contributed by atoms with van der Waals surface area (Å²) in [5.41, 5.74) is 0. The van der Waals surface area contributed by atoms with Crippen molar-refractivity contribution in [3.63, 3.8) is 0 Å². The highest BCUT2D eigenvalue weighted by Crippen LogP contribution is 2.74. The Kier molecular flexibility index (Phi) is 14.1. The number of hydrogen-bond acceptors (Lipinski definition) is 11. The molecule has 0 saturated heterocycles. The molecule has 0 heterocycles. The molecule has 0 radical (unpaired) electrons. The molecule has 0 spiro atoms. The van der Waals surface area contributed by atoms with Gasteiger partial charge in [-0.3, -0.25) is 41.5 Å². The summed E-state index contributed by atoms with van der Waals surface area (Å²) in [6.07, 6.45) is -15.7. The zero-order chi connectivity index (χ0) is 33.7. The molecule has 2 atom stereocenters. The maximum Gasteiger partial charge on any atom is 0.343 e. The summed E-state index contributed by atoms with van der Waals surface area (Å²) < 4.78 is 69.5. The highest BCUT2D eigenvalue weighted by molar-refractivity contribution is 7.73. The molecule has 2 unspecified atom stereocenters. The van der Waals surface area contributed by atoms with Crippen LogP contribution < -0.4 is 0 Å². The summed E-state index contributed by atoms with van der Waals surface area (Å²) in [4.78, 5) is 115. The van der Waals surface area contributed by atoms with E-state index in [1.165, 1.54) is 0 Å². The quantitative estimate of drug-likeness (QED) is 0.0666. The van der Waals surface area contributed by atoms with E-state index in [1.807, 2.05) is 0 Å². The van der Waals surface area contributed by atoms with Gasteiger partial charge in [-0.15, -0.1) is 0 Å². The summed E-state index contributed by atoms with van der Waals surface area (Å²) in [5, 5.41) is 36.3. The number of aliphatic carboxylic acids is 4. The zero-order valence-electron chi connectivity index (χ0n) is 20.5. The molecule has 0 saturated carbocycles. The largest absolute Gasteiger partial charge is 0.481 e. The molecular weight excluding hydrogens is 691 g/mol. The fraction of sp³-hybridized carbons (Fsp3) is 0.714. The van der Waals surface area contributed by atoms with Crippen LogP contribution in [0.5, 0.6) is 0 Å². The first-order chi connectivity index (χ1) is 18.5. The van der Waals surface area contributed by atoms with E-state index in [-0.39, 0.29) is 0 Å². The van der Waals surface area contributed by atoms with Gasteiger partial charge in [0.05, 0.1) is 0 Å². The molecule has 0 aliphatic rings. The van der Waals surface area contributed by atoms with E-state index in [4.69, 9.17) is 10.2 Å². The molecule has 246 valence electrons. The predicted octanol–water partition coefficient (Wildman–Crippen LogP) is -1.07. The standard InChI is InChI=1S/C14H27O23P5/c15-9(16)1-3-13(39(24,25)26,40(27,28)29)5-7(11(19)20)36-38(23)37-8(12(21)22)6-14(41(30,31)32,42(33,34)35)4-2-10(17)18/h7-8,38H,1-6H2,(H,15,16)(H,17,18)(H,19,20)(H,21,22)(H2,24,25,26)(H2,27,28,29)(H2,30,31,32)(H2,33,34,35). The first-order valence-corrected chi connectivity index (χ1v) is 18.2. The summed E-state index contributed by atoms with van der Waals surface area (Å²) >= 11 is 0. The second-order valence-corrected chi connectivity index (χ2v) is 17.9. The van der Waals surface area contributed by atoms with Crippen LogP contribution in [0.15, 0.2) is 0 Å². The maximum atomic E-state index is 12.4. The number of rotatable bonds is 20. The van der Waals surface area contributed by atoms with Gasteiger partial charge >= 0.3 is 62.5 Å². The first kappa shape index (κ1) is 40.6. The van der Waals surface area contributed by atoms with Gasteiger partial charge in [-0.25, -0.2) is 9.59 Å². The fourth-order valence-corrected chi connectivity index (χ4v) is 10.3. The van der Waals surface area contributed by atoms with E-state index < -0.39 is 123 Å². The third-order valence-corrected chi connectivity index (χ3v) is 15.7. The van der Waals surface area contributed by atoms with Crippen LogP contribution in [0.4, 0.5) is 0 Å². The molecule has 0 amide bonds. The molecule has 0 aliphatic carbocycles. The van der Waals surface area contributed by atoms with Gasteiger partial charge in [-0.1, -0.05) is 0 Å². The lowest BCUT2D eigenvalue weighted by atomic mass is 10.1. The predicted molar refractivity (Wildman–Crippen MR) is 131 cm³/mol. The molecule has 12 N–H and O–H groups in total. The van der Waals surface area contributed by atoms with E-state index >= 15 is 0 Å². The minimum absolute atomic E-state index is 1.35. The fourth-order valence-electron chi connectivity index (χ4n) is 3.43. The van der Waals surface area contributed by atoms with E-state index in [0.717, 1.165) is 0 Å². The second-order valence-electron chi connectivity index (χ2n) is 8.48.